The minimum absolute atomic E-state index is 0.137. The Balaban J connectivity index is 2.11. The molecule has 1 saturated heterocycles. The molecule has 2 atom stereocenters. The van der Waals surface area contributed by atoms with Gasteiger partial charge in [0.25, 0.3) is 0 Å². The normalized spacial score (nSPS) is 27.0. The molecule has 72 valence electrons. The molecule has 1 fully saturated rings. The number of ether oxygens (including phenoxy) is 2. The minimum Gasteiger partial charge on any atom is -0.383 e. The van der Waals surface area contributed by atoms with Crippen molar-refractivity contribution in [2.45, 2.75) is 37.8 Å². The molecule has 12 heavy (non-hydrogen) atoms. The fourth-order valence-corrected chi connectivity index (χ4v) is 1.61. The monoisotopic (exact) mass is 173 g/mol. The summed E-state index contributed by atoms with van der Waals surface area (Å²) >= 11 is 0. The largest absolute Gasteiger partial charge is 0.383 e. The summed E-state index contributed by atoms with van der Waals surface area (Å²) in [6.07, 6.45) is 4.97. The van der Waals surface area contributed by atoms with Crippen molar-refractivity contribution in [3.05, 3.63) is 0 Å². The molecule has 0 amide bonds. The van der Waals surface area contributed by atoms with E-state index in [1.54, 1.807) is 7.11 Å². The maximum atomic E-state index is 5.81. The molecule has 2 N–H and O–H groups in total. The quantitative estimate of drug-likeness (QED) is 0.687. The molecule has 0 spiro atoms. The SMILES string of the molecule is COCC(N)CC1CCCCO1. The molecular formula is C9H19NO2. The van der Waals surface area contributed by atoms with Gasteiger partial charge in [0.1, 0.15) is 0 Å². The van der Waals surface area contributed by atoms with E-state index in [1.165, 1.54) is 12.8 Å². The summed E-state index contributed by atoms with van der Waals surface area (Å²) in [6.45, 7) is 1.55. The van der Waals surface area contributed by atoms with Crippen molar-refractivity contribution in [3.8, 4) is 0 Å². The molecular weight excluding hydrogens is 154 g/mol. The summed E-state index contributed by atoms with van der Waals surface area (Å²) in [4.78, 5) is 0. The summed E-state index contributed by atoms with van der Waals surface area (Å²) in [5.41, 5.74) is 5.81. The fraction of sp³-hybridized carbons (Fsp3) is 1.00. The van der Waals surface area contributed by atoms with Gasteiger partial charge in [-0.1, -0.05) is 0 Å². The van der Waals surface area contributed by atoms with Gasteiger partial charge in [-0.05, 0) is 25.7 Å². The Labute approximate surface area is 74.2 Å². The fourth-order valence-electron chi connectivity index (χ4n) is 1.61. The molecule has 0 aliphatic carbocycles. The highest BCUT2D eigenvalue weighted by atomic mass is 16.5. The van der Waals surface area contributed by atoms with Crippen molar-refractivity contribution in [3.63, 3.8) is 0 Å². The van der Waals surface area contributed by atoms with E-state index in [-0.39, 0.29) is 6.04 Å². The molecule has 1 heterocycles. The Morgan fingerprint density at radius 3 is 3.00 bits per heavy atom. The van der Waals surface area contributed by atoms with Crippen LogP contribution in [0.4, 0.5) is 0 Å². The summed E-state index contributed by atoms with van der Waals surface area (Å²) in [6, 6.07) is 0.137. The van der Waals surface area contributed by atoms with E-state index >= 15 is 0 Å². The standard InChI is InChI=1S/C9H19NO2/c1-11-7-8(10)6-9-4-2-3-5-12-9/h8-9H,2-7,10H2,1H3. The first-order valence-corrected chi connectivity index (χ1v) is 4.69. The molecule has 0 aromatic rings. The van der Waals surface area contributed by atoms with E-state index in [0.29, 0.717) is 12.7 Å². The predicted octanol–water partition coefficient (Wildman–Crippen LogP) is 0.919. The second-order valence-corrected chi connectivity index (χ2v) is 3.44. The summed E-state index contributed by atoms with van der Waals surface area (Å²) in [7, 11) is 1.68. The molecule has 0 bridgehead atoms. The van der Waals surface area contributed by atoms with Crippen LogP contribution in [0.5, 0.6) is 0 Å². The molecule has 3 heteroatoms. The van der Waals surface area contributed by atoms with Crippen molar-refractivity contribution in [1.82, 2.24) is 0 Å². The van der Waals surface area contributed by atoms with Gasteiger partial charge in [-0.2, -0.15) is 0 Å². The van der Waals surface area contributed by atoms with Crippen LogP contribution in [0.3, 0.4) is 0 Å². The van der Waals surface area contributed by atoms with Gasteiger partial charge < -0.3 is 15.2 Å². The molecule has 3 nitrogen and oxygen atoms in total. The van der Waals surface area contributed by atoms with E-state index in [1.807, 2.05) is 0 Å². The highest BCUT2D eigenvalue weighted by molar-refractivity contribution is 4.70. The summed E-state index contributed by atoms with van der Waals surface area (Å²) in [5.74, 6) is 0. The first kappa shape index (κ1) is 9.96. The van der Waals surface area contributed by atoms with Gasteiger partial charge >= 0.3 is 0 Å². The lowest BCUT2D eigenvalue weighted by Crippen LogP contribution is -2.33. The number of methoxy groups -OCH3 is 1. The van der Waals surface area contributed by atoms with E-state index in [9.17, 15) is 0 Å². The van der Waals surface area contributed by atoms with Crippen LogP contribution in [0.25, 0.3) is 0 Å². The van der Waals surface area contributed by atoms with Gasteiger partial charge in [0.05, 0.1) is 12.7 Å². The van der Waals surface area contributed by atoms with Gasteiger partial charge in [0, 0.05) is 19.8 Å². The van der Waals surface area contributed by atoms with E-state index in [2.05, 4.69) is 0 Å². The third kappa shape index (κ3) is 3.52. The Morgan fingerprint density at radius 2 is 2.42 bits per heavy atom. The highest BCUT2D eigenvalue weighted by Crippen LogP contribution is 2.16. The van der Waals surface area contributed by atoms with Crippen LogP contribution < -0.4 is 5.73 Å². The van der Waals surface area contributed by atoms with Crippen molar-refractivity contribution in [2.75, 3.05) is 20.3 Å². The average molecular weight is 173 g/mol. The molecule has 2 unspecified atom stereocenters. The van der Waals surface area contributed by atoms with E-state index in [0.717, 1.165) is 19.4 Å². The second-order valence-electron chi connectivity index (χ2n) is 3.44. The third-order valence-corrected chi connectivity index (χ3v) is 2.22. The van der Waals surface area contributed by atoms with Gasteiger partial charge in [-0.15, -0.1) is 0 Å². The number of hydrogen-bond donors (Lipinski definition) is 1. The van der Waals surface area contributed by atoms with Crippen molar-refractivity contribution >= 4 is 0 Å². The lowest BCUT2D eigenvalue weighted by atomic mass is 10.0. The topological polar surface area (TPSA) is 44.5 Å². The molecule has 1 aliphatic rings. The Kier molecular flexibility index (Phi) is 4.58. The molecule has 0 aromatic carbocycles. The predicted molar refractivity (Wildman–Crippen MR) is 48.1 cm³/mol. The average Bonchev–Trinajstić information content (AvgIpc) is 2.06. The zero-order chi connectivity index (χ0) is 8.81. The zero-order valence-corrected chi connectivity index (χ0v) is 7.79. The molecule has 0 aromatic heterocycles. The smallest absolute Gasteiger partial charge is 0.0614 e. The summed E-state index contributed by atoms with van der Waals surface area (Å²) < 4.78 is 10.5. The van der Waals surface area contributed by atoms with Crippen molar-refractivity contribution in [1.29, 1.82) is 0 Å². The Bertz CT molecular complexity index is 113. The van der Waals surface area contributed by atoms with Crippen molar-refractivity contribution < 1.29 is 9.47 Å². The van der Waals surface area contributed by atoms with Gasteiger partial charge in [0.15, 0.2) is 0 Å². The lowest BCUT2D eigenvalue weighted by Gasteiger charge is -2.24. The third-order valence-electron chi connectivity index (χ3n) is 2.22. The number of rotatable bonds is 4. The lowest BCUT2D eigenvalue weighted by molar-refractivity contribution is 0.00252. The van der Waals surface area contributed by atoms with E-state index < -0.39 is 0 Å². The van der Waals surface area contributed by atoms with E-state index in [4.69, 9.17) is 15.2 Å². The van der Waals surface area contributed by atoms with Crippen LogP contribution in [-0.4, -0.2) is 32.5 Å². The van der Waals surface area contributed by atoms with Crippen LogP contribution in [0.2, 0.25) is 0 Å². The number of nitrogens with two attached hydrogens (primary N) is 1. The minimum atomic E-state index is 0.137. The second kappa shape index (κ2) is 5.51. The first-order chi connectivity index (χ1) is 5.83. The van der Waals surface area contributed by atoms with Crippen molar-refractivity contribution in [2.24, 2.45) is 5.73 Å². The number of hydrogen-bond acceptors (Lipinski definition) is 3. The van der Waals surface area contributed by atoms with Gasteiger partial charge in [-0.3, -0.25) is 0 Å². The van der Waals surface area contributed by atoms with Gasteiger partial charge in [-0.25, -0.2) is 0 Å². The molecule has 0 saturated carbocycles. The van der Waals surface area contributed by atoms with Crippen LogP contribution in [0.15, 0.2) is 0 Å². The highest BCUT2D eigenvalue weighted by Gasteiger charge is 2.16. The first-order valence-electron chi connectivity index (χ1n) is 4.69. The Hall–Kier alpha value is -0.120. The molecule has 1 rings (SSSR count). The molecule has 1 aliphatic heterocycles. The molecule has 0 radical (unpaired) electrons. The van der Waals surface area contributed by atoms with Crippen LogP contribution in [0.1, 0.15) is 25.7 Å². The van der Waals surface area contributed by atoms with Gasteiger partial charge in [0.2, 0.25) is 0 Å². The van der Waals surface area contributed by atoms with Crippen LogP contribution in [0, 0.1) is 0 Å². The maximum Gasteiger partial charge on any atom is 0.0614 e. The van der Waals surface area contributed by atoms with Crippen LogP contribution >= 0.6 is 0 Å². The summed E-state index contributed by atoms with van der Waals surface area (Å²) in [5, 5.41) is 0. The zero-order valence-electron chi connectivity index (χ0n) is 7.79. The van der Waals surface area contributed by atoms with Crippen LogP contribution in [-0.2, 0) is 9.47 Å². The maximum absolute atomic E-state index is 5.81. The Morgan fingerprint density at radius 1 is 1.58 bits per heavy atom.